The Labute approximate surface area is 90.3 Å². The lowest BCUT2D eigenvalue weighted by Crippen LogP contribution is -2.36. The van der Waals surface area contributed by atoms with E-state index >= 15 is 0 Å². The molecule has 14 heavy (non-hydrogen) atoms. The van der Waals surface area contributed by atoms with Crippen LogP contribution in [0.2, 0.25) is 0 Å². The number of nitrogens with two attached hydrogens (primary N) is 1. The van der Waals surface area contributed by atoms with E-state index in [1.54, 1.807) is 25.3 Å². The van der Waals surface area contributed by atoms with Crippen molar-refractivity contribution < 1.29 is 9.90 Å². The summed E-state index contributed by atoms with van der Waals surface area (Å²) >= 11 is 3.24. The van der Waals surface area contributed by atoms with Crippen LogP contribution in [0, 0.1) is 0 Å². The van der Waals surface area contributed by atoms with Gasteiger partial charge in [0.25, 0.3) is 0 Å². The molecule has 0 fully saturated rings. The Morgan fingerprint density at radius 2 is 2.43 bits per heavy atom. The summed E-state index contributed by atoms with van der Waals surface area (Å²) in [7, 11) is 0. The van der Waals surface area contributed by atoms with Crippen LogP contribution in [-0.2, 0) is 10.3 Å². The Bertz CT molecular complexity index is 352. The summed E-state index contributed by atoms with van der Waals surface area (Å²) in [4.78, 5) is 14.6. The van der Waals surface area contributed by atoms with Crippen LogP contribution in [-0.4, -0.2) is 16.1 Å². The molecule has 0 aliphatic carbocycles. The maximum atomic E-state index is 10.6. The number of pyridine rings is 1. The lowest BCUT2D eigenvalue weighted by molar-refractivity contribution is -0.138. The van der Waals surface area contributed by atoms with Crippen molar-refractivity contribution in [2.45, 2.75) is 18.9 Å². The van der Waals surface area contributed by atoms with Gasteiger partial charge in [-0.1, -0.05) is 6.07 Å². The van der Waals surface area contributed by atoms with Crippen LogP contribution in [0.5, 0.6) is 0 Å². The van der Waals surface area contributed by atoms with E-state index in [0.717, 1.165) is 0 Å². The standard InChI is InChI=1S/C9H11BrN2O2/c1-9(11,5-7(13)14)6-3-2-4-12-8(6)10/h2-4H,5,11H2,1H3,(H,13,14)/t9-/m0/s1. The monoisotopic (exact) mass is 258 g/mol. The lowest BCUT2D eigenvalue weighted by atomic mass is 9.91. The SMILES string of the molecule is C[C@](N)(CC(=O)O)c1cccnc1Br. The zero-order valence-electron chi connectivity index (χ0n) is 7.70. The molecule has 0 saturated heterocycles. The molecule has 1 heterocycles. The Hall–Kier alpha value is -0.940. The van der Waals surface area contributed by atoms with Crippen LogP contribution in [0.1, 0.15) is 18.9 Å². The van der Waals surface area contributed by atoms with Crippen molar-refractivity contribution in [3.05, 3.63) is 28.5 Å². The first-order valence-electron chi connectivity index (χ1n) is 4.05. The van der Waals surface area contributed by atoms with E-state index in [1.807, 2.05) is 0 Å². The molecular weight excluding hydrogens is 248 g/mol. The number of carboxylic acid groups (broad SMARTS) is 1. The van der Waals surface area contributed by atoms with Crippen molar-refractivity contribution >= 4 is 21.9 Å². The highest BCUT2D eigenvalue weighted by Gasteiger charge is 2.27. The summed E-state index contributed by atoms with van der Waals surface area (Å²) in [6.07, 6.45) is 1.49. The fraction of sp³-hybridized carbons (Fsp3) is 0.333. The molecule has 4 nitrogen and oxygen atoms in total. The van der Waals surface area contributed by atoms with E-state index in [9.17, 15) is 4.79 Å². The third-order valence-corrected chi connectivity index (χ3v) is 2.52. The van der Waals surface area contributed by atoms with E-state index in [4.69, 9.17) is 10.8 Å². The first-order chi connectivity index (χ1) is 6.43. The van der Waals surface area contributed by atoms with Crippen LogP contribution in [0.4, 0.5) is 0 Å². The second kappa shape index (κ2) is 4.06. The number of aliphatic carboxylic acids is 1. The van der Waals surface area contributed by atoms with Crippen molar-refractivity contribution in [3.8, 4) is 0 Å². The lowest BCUT2D eigenvalue weighted by Gasteiger charge is -2.23. The Balaban J connectivity index is 3.03. The predicted molar refractivity (Wildman–Crippen MR) is 55.7 cm³/mol. The Morgan fingerprint density at radius 1 is 1.79 bits per heavy atom. The van der Waals surface area contributed by atoms with Crippen molar-refractivity contribution in [1.29, 1.82) is 0 Å². The second-order valence-corrected chi connectivity index (χ2v) is 4.08. The largest absolute Gasteiger partial charge is 0.481 e. The first-order valence-corrected chi connectivity index (χ1v) is 4.84. The molecule has 0 unspecified atom stereocenters. The Kier molecular flexibility index (Phi) is 3.23. The van der Waals surface area contributed by atoms with Gasteiger partial charge in [-0.15, -0.1) is 0 Å². The third-order valence-electron chi connectivity index (χ3n) is 1.89. The van der Waals surface area contributed by atoms with Crippen LogP contribution in [0.15, 0.2) is 22.9 Å². The van der Waals surface area contributed by atoms with Gasteiger partial charge in [0.05, 0.1) is 12.0 Å². The number of halogens is 1. The summed E-state index contributed by atoms with van der Waals surface area (Å²) in [5.74, 6) is -0.925. The maximum Gasteiger partial charge on any atom is 0.305 e. The molecule has 1 rings (SSSR count). The topological polar surface area (TPSA) is 76.2 Å². The van der Waals surface area contributed by atoms with Crippen LogP contribution in [0.3, 0.4) is 0 Å². The number of hydrogen-bond acceptors (Lipinski definition) is 3. The number of carbonyl (C=O) groups is 1. The molecule has 0 spiro atoms. The van der Waals surface area contributed by atoms with E-state index in [0.29, 0.717) is 10.2 Å². The van der Waals surface area contributed by atoms with Gasteiger partial charge < -0.3 is 10.8 Å². The van der Waals surface area contributed by atoms with Gasteiger partial charge in [-0.2, -0.15) is 0 Å². The van der Waals surface area contributed by atoms with Gasteiger partial charge in [0.2, 0.25) is 0 Å². The van der Waals surface area contributed by atoms with Crippen LogP contribution >= 0.6 is 15.9 Å². The van der Waals surface area contributed by atoms with Crippen molar-refractivity contribution in [2.75, 3.05) is 0 Å². The summed E-state index contributed by atoms with van der Waals surface area (Å²) in [6, 6.07) is 3.49. The molecule has 5 heteroatoms. The highest BCUT2D eigenvalue weighted by atomic mass is 79.9. The summed E-state index contributed by atoms with van der Waals surface area (Å²) in [6.45, 7) is 1.67. The van der Waals surface area contributed by atoms with Gasteiger partial charge in [0.1, 0.15) is 4.60 Å². The van der Waals surface area contributed by atoms with Crippen molar-refractivity contribution in [3.63, 3.8) is 0 Å². The number of aromatic nitrogens is 1. The zero-order chi connectivity index (χ0) is 10.8. The summed E-state index contributed by atoms with van der Waals surface area (Å²) in [5.41, 5.74) is 5.68. The maximum absolute atomic E-state index is 10.6. The molecule has 1 aromatic heterocycles. The normalized spacial score (nSPS) is 14.8. The predicted octanol–water partition coefficient (Wildman–Crippen LogP) is 1.49. The number of hydrogen-bond donors (Lipinski definition) is 2. The van der Waals surface area contributed by atoms with Gasteiger partial charge in [0.15, 0.2) is 0 Å². The molecule has 1 aromatic rings. The zero-order valence-corrected chi connectivity index (χ0v) is 9.28. The quantitative estimate of drug-likeness (QED) is 0.806. The van der Waals surface area contributed by atoms with Gasteiger partial charge in [-0.05, 0) is 28.9 Å². The number of rotatable bonds is 3. The van der Waals surface area contributed by atoms with Gasteiger partial charge in [-0.3, -0.25) is 4.79 Å². The van der Waals surface area contributed by atoms with Crippen molar-refractivity contribution in [2.24, 2.45) is 5.73 Å². The van der Waals surface area contributed by atoms with Gasteiger partial charge in [-0.25, -0.2) is 4.98 Å². The van der Waals surface area contributed by atoms with E-state index < -0.39 is 11.5 Å². The molecule has 0 bridgehead atoms. The molecule has 3 N–H and O–H groups in total. The molecular formula is C9H11BrN2O2. The molecule has 76 valence electrons. The number of nitrogens with zero attached hydrogens (tertiary/aromatic N) is 1. The minimum absolute atomic E-state index is 0.128. The minimum Gasteiger partial charge on any atom is -0.481 e. The van der Waals surface area contributed by atoms with Crippen molar-refractivity contribution in [1.82, 2.24) is 4.98 Å². The smallest absolute Gasteiger partial charge is 0.305 e. The highest BCUT2D eigenvalue weighted by Crippen LogP contribution is 2.26. The van der Waals surface area contributed by atoms with Gasteiger partial charge in [0, 0.05) is 11.8 Å². The third kappa shape index (κ3) is 2.52. The molecule has 0 aliphatic rings. The average molecular weight is 259 g/mol. The summed E-state index contributed by atoms with van der Waals surface area (Å²) in [5, 5.41) is 8.69. The first kappa shape index (κ1) is 11.1. The minimum atomic E-state index is -0.925. The van der Waals surface area contributed by atoms with Crippen LogP contribution < -0.4 is 5.73 Å². The van der Waals surface area contributed by atoms with Crippen LogP contribution in [0.25, 0.3) is 0 Å². The average Bonchev–Trinajstić information content (AvgIpc) is 2.02. The molecule has 0 aromatic carbocycles. The molecule has 1 atom stereocenters. The van der Waals surface area contributed by atoms with E-state index in [1.165, 1.54) is 0 Å². The second-order valence-electron chi connectivity index (χ2n) is 3.33. The molecule has 0 radical (unpaired) electrons. The molecule has 0 aliphatic heterocycles. The van der Waals surface area contributed by atoms with Gasteiger partial charge >= 0.3 is 5.97 Å². The van der Waals surface area contributed by atoms with E-state index in [-0.39, 0.29) is 6.42 Å². The van der Waals surface area contributed by atoms with E-state index in [2.05, 4.69) is 20.9 Å². The molecule has 0 amide bonds. The Morgan fingerprint density at radius 3 is 2.93 bits per heavy atom. The molecule has 0 saturated carbocycles. The number of carboxylic acids is 1. The highest BCUT2D eigenvalue weighted by molar-refractivity contribution is 9.10. The fourth-order valence-corrected chi connectivity index (χ4v) is 1.92. The fourth-order valence-electron chi connectivity index (χ4n) is 1.22. The summed E-state index contributed by atoms with van der Waals surface area (Å²) < 4.78 is 0.589.